The van der Waals surface area contributed by atoms with Crippen molar-refractivity contribution < 1.29 is 0 Å². The summed E-state index contributed by atoms with van der Waals surface area (Å²) in [6.45, 7) is 0.648. The summed E-state index contributed by atoms with van der Waals surface area (Å²) >= 11 is 7.98. The van der Waals surface area contributed by atoms with Gasteiger partial charge in [-0.2, -0.15) is 0 Å². The molecule has 8 rings (SSSR count). The number of allylic oxidation sites excluding steroid dienone is 1. The third-order valence-corrected chi connectivity index (χ3v) is 9.74. The smallest absolute Gasteiger partial charge is 0.271 e. The molecule has 2 aromatic heterocycles. The average Bonchev–Trinajstić information content (AvgIpc) is 3.53. The Balaban J connectivity index is 1.32. The molecule has 0 saturated heterocycles. The van der Waals surface area contributed by atoms with Gasteiger partial charge in [0.05, 0.1) is 16.3 Å². The zero-order chi connectivity index (χ0) is 28.2. The molecule has 0 amide bonds. The van der Waals surface area contributed by atoms with Gasteiger partial charge < -0.3 is 4.57 Å². The first-order valence-corrected chi connectivity index (χ1v) is 15.3. The van der Waals surface area contributed by atoms with Gasteiger partial charge in [0.25, 0.3) is 5.56 Å². The van der Waals surface area contributed by atoms with E-state index in [2.05, 4.69) is 77.5 Å². The minimum absolute atomic E-state index is 0.000876. The molecule has 0 bridgehead atoms. The fourth-order valence-electron chi connectivity index (χ4n) is 6.43. The minimum Gasteiger partial charge on any atom is -0.342 e. The summed E-state index contributed by atoms with van der Waals surface area (Å²) in [5.74, 6) is 0. The maximum atomic E-state index is 14.2. The summed E-state index contributed by atoms with van der Waals surface area (Å²) in [4.78, 5) is 20.1. The Labute approximate surface area is 251 Å². The molecule has 0 unspecified atom stereocenters. The van der Waals surface area contributed by atoms with Gasteiger partial charge in [0.2, 0.25) is 0 Å². The number of para-hydroxylation sites is 1. The predicted octanol–water partition coefficient (Wildman–Crippen LogP) is 6.98. The lowest BCUT2D eigenvalue weighted by Gasteiger charge is -2.30. The Morgan fingerprint density at radius 3 is 2.52 bits per heavy atom. The van der Waals surface area contributed by atoms with Gasteiger partial charge in [0, 0.05) is 39.8 Å². The molecule has 6 heteroatoms. The van der Waals surface area contributed by atoms with Crippen molar-refractivity contribution in [3.8, 4) is 0 Å². The summed E-state index contributed by atoms with van der Waals surface area (Å²) in [6, 6.07) is 35.0. The van der Waals surface area contributed by atoms with E-state index in [1.165, 1.54) is 28.0 Å². The van der Waals surface area contributed by atoms with Crippen molar-refractivity contribution in [1.82, 2.24) is 9.13 Å². The summed E-state index contributed by atoms with van der Waals surface area (Å²) in [6.07, 6.45) is 5.99. The summed E-state index contributed by atoms with van der Waals surface area (Å²) in [7, 11) is 0. The Hall–Kier alpha value is -4.45. The number of aromatic nitrogens is 2. The van der Waals surface area contributed by atoms with Crippen LogP contribution in [0.5, 0.6) is 0 Å². The molecule has 4 nitrogen and oxygen atoms in total. The van der Waals surface area contributed by atoms with Crippen LogP contribution < -0.4 is 14.9 Å². The van der Waals surface area contributed by atoms with Crippen LogP contribution in [0.3, 0.4) is 0 Å². The van der Waals surface area contributed by atoms with Gasteiger partial charge in [0.1, 0.15) is 0 Å². The SMILES string of the molecule is O=c1/c(=C/c2cn(Cc3ccccc3Cl)c3ccccc23)sc2n1[C@H](c1ccccc1)C1=C(N=2)c2ccccc2CC1. The molecule has 0 radical (unpaired) electrons. The molecular weight excluding hydrogens is 558 g/mol. The number of nitrogens with zero attached hydrogens (tertiary/aromatic N) is 3. The summed E-state index contributed by atoms with van der Waals surface area (Å²) in [5.41, 5.74) is 9.02. The lowest BCUT2D eigenvalue weighted by molar-refractivity contribution is 0.585. The Morgan fingerprint density at radius 1 is 0.881 bits per heavy atom. The average molecular weight is 584 g/mol. The van der Waals surface area contributed by atoms with Crippen molar-refractivity contribution in [2.75, 3.05) is 0 Å². The lowest BCUT2D eigenvalue weighted by Crippen LogP contribution is -2.38. The number of rotatable bonds is 4. The molecule has 1 aliphatic heterocycles. The first-order chi connectivity index (χ1) is 20.7. The van der Waals surface area contributed by atoms with Crippen molar-refractivity contribution in [2.24, 2.45) is 4.99 Å². The molecule has 0 spiro atoms. The Morgan fingerprint density at radius 2 is 1.64 bits per heavy atom. The van der Waals surface area contributed by atoms with E-state index in [-0.39, 0.29) is 11.6 Å². The van der Waals surface area contributed by atoms with Crippen molar-refractivity contribution in [3.05, 3.63) is 167 Å². The van der Waals surface area contributed by atoms with E-state index in [1.807, 2.05) is 47.0 Å². The fourth-order valence-corrected chi connectivity index (χ4v) is 7.62. The summed E-state index contributed by atoms with van der Waals surface area (Å²) in [5, 5.41) is 1.85. The number of aryl methyl sites for hydroxylation is 1. The first kappa shape index (κ1) is 25.3. The minimum atomic E-state index is -0.172. The molecule has 4 aromatic carbocycles. The van der Waals surface area contributed by atoms with Gasteiger partial charge in [-0.05, 0) is 53.3 Å². The molecule has 1 atom stereocenters. The zero-order valence-corrected chi connectivity index (χ0v) is 24.3. The van der Waals surface area contributed by atoms with Gasteiger partial charge >= 0.3 is 0 Å². The van der Waals surface area contributed by atoms with E-state index in [0.717, 1.165) is 56.0 Å². The highest BCUT2D eigenvalue weighted by molar-refractivity contribution is 7.07. The number of hydrogen-bond donors (Lipinski definition) is 0. The van der Waals surface area contributed by atoms with E-state index in [1.54, 1.807) is 0 Å². The van der Waals surface area contributed by atoms with Gasteiger partial charge in [-0.1, -0.05) is 114 Å². The fraction of sp³-hybridized carbons (Fsp3) is 0.111. The Kier molecular flexibility index (Phi) is 6.09. The van der Waals surface area contributed by atoms with Crippen molar-refractivity contribution in [2.45, 2.75) is 25.4 Å². The maximum Gasteiger partial charge on any atom is 0.271 e. The lowest BCUT2D eigenvalue weighted by atomic mass is 9.83. The van der Waals surface area contributed by atoms with Crippen LogP contribution in [-0.2, 0) is 13.0 Å². The molecule has 2 aliphatic rings. The number of halogens is 1. The normalized spacial score (nSPS) is 16.2. The highest BCUT2D eigenvalue weighted by Gasteiger charge is 2.32. The van der Waals surface area contributed by atoms with E-state index >= 15 is 0 Å². The van der Waals surface area contributed by atoms with Crippen LogP contribution in [0.2, 0.25) is 5.02 Å². The predicted molar refractivity (Wildman–Crippen MR) is 172 cm³/mol. The quantitative estimate of drug-likeness (QED) is 0.221. The number of hydrogen-bond acceptors (Lipinski definition) is 3. The molecule has 0 N–H and O–H groups in total. The molecule has 6 aromatic rings. The molecule has 3 heterocycles. The van der Waals surface area contributed by atoms with Crippen LogP contribution in [0.15, 0.2) is 125 Å². The van der Waals surface area contributed by atoms with Crippen LogP contribution in [0.1, 0.15) is 40.3 Å². The van der Waals surface area contributed by atoms with Gasteiger partial charge in [-0.15, -0.1) is 0 Å². The third kappa shape index (κ3) is 4.12. The summed E-state index contributed by atoms with van der Waals surface area (Å²) < 4.78 is 4.81. The molecular formula is C36H26ClN3OS. The first-order valence-electron chi connectivity index (χ1n) is 14.1. The second-order valence-corrected chi connectivity index (χ2v) is 12.3. The highest BCUT2D eigenvalue weighted by atomic mass is 35.5. The van der Waals surface area contributed by atoms with Crippen LogP contribution in [0, 0.1) is 0 Å². The van der Waals surface area contributed by atoms with Gasteiger partial charge in [-0.3, -0.25) is 9.36 Å². The second-order valence-electron chi connectivity index (χ2n) is 10.8. The molecule has 0 saturated carbocycles. The standard InChI is InChI=1S/C36H26ClN3OS/c37-30-16-8-5-13-25(30)21-39-22-26(27-14-7-9-17-31(27)39)20-32-35(41)40-34(24-11-2-1-3-12-24)29-19-18-23-10-4-6-15-28(23)33(29)38-36(40)42-32/h1-17,20,22,34H,18-19,21H2/b32-20-/t34-/m1/s1. The van der Waals surface area contributed by atoms with E-state index in [9.17, 15) is 4.79 Å². The van der Waals surface area contributed by atoms with E-state index in [4.69, 9.17) is 16.6 Å². The number of benzene rings is 4. The monoisotopic (exact) mass is 583 g/mol. The van der Waals surface area contributed by atoms with Crippen LogP contribution in [0.4, 0.5) is 0 Å². The van der Waals surface area contributed by atoms with E-state index < -0.39 is 0 Å². The highest BCUT2D eigenvalue weighted by Crippen LogP contribution is 2.41. The number of fused-ring (bicyclic) bond motifs is 4. The van der Waals surface area contributed by atoms with Crippen molar-refractivity contribution in [3.63, 3.8) is 0 Å². The maximum absolute atomic E-state index is 14.2. The van der Waals surface area contributed by atoms with Crippen molar-refractivity contribution in [1.29, 1.82) is 0 Å². The second kappa shape index (κ2) is 10.1. The van der Waals surface area contributed by atoms with Crippen LogP contribution in [0.25, 0.3) is 22.7 Å². The van der Waals surface area contributed by atoms with Crippen LogP contribution >= 0.6 is 22.9 Å². The molecule has 1 aliphatic carbocycles. The van der Waals surface area contributed by atoms with Gasteiger partial charge in [0.15, 0.2) is 4.80 Å². The number of thiazole rings is 1. The van der Waals surface area contributed by atoms with E-state index in [0.29, 0.717) is 11.1 Å². The van der Waals surface area contributed by atoms with Crippen LogP contribution in [-0.4, -0.2) is 9.13 Å². The Bertz CT molecular complexity index is 2220. The third-order valence-electron chi connectivity index (χ3n) is 8.39. The molecule has 204 valence electrons. The molecule has 0 fully saturated rings. The van der Waals surface area contributed by atoms with Crippen molar-refractivity contribution >= 4 is 45.6 Å². The van der Waals surface area contributed by atoms with Gasteiger partial charge in [-0.25, -0.2) is 4.99 Å². The largest absolute Gasteiger partial charge is 0.342 e. The zero-order valence-electron chi connectivity index (χ0n) is 22.7. The topological polar surface area (TPSA) is 39.3 Å². The molecule has 42 heavy (non-hydrogen) atoms.